The zero-order chi connectivity index (χ0) is 21.3. The maximum atomic E-state index is 10.7. The third-order valence-electron chi connectivity index (χ3n) is 4.34. The van der Waals surface area contributed by atoms with Gasteiger partial charge < -0.3 is 15.4 Å². The van der Waals surface area contributed by atoms with Gasteiger partial charge in [0.1, 0.15) is 12.4 Å². The Morgan fingerprint density at radius 2 is 1.67 bits per heavy atom. The number of hydrogen-bond donors (Lipinski definition) is 2. The highest BCUT2D eigenvalue weighted by atomic mass is 79.9. The number of nitro benzene ring substituents is 1. The summed E-state index contributed by atoms with van der Waals surface area (Å²) >= 11 is 9.47. The van der Waals surface area contributed by atoms with Crippen molar-refractivity contribution in [1.29, 1.82) is 0 Å². The Morgan fingerprint density at radius 1 is 0.967 bits per heavy atom. The van der Waals surface area contributed by atoms with E-state index < -0.39 is 4.92 Å². The van der Waals surface area contributed by atoms with Gasteiger partial charge in [-0.15, -0.1) is 0 Å². The van der Waals surface area contributed by atoms with Crippen LogP contribution in [0.2, 0.25) is 5.02 Å². The first-order valence-corrected chi connectivity index (χ1v) is 10.5. The van der Waals surface area contributed by atoms with Crippen LogP contribution in [-0.2, 0) is 13.2 Å². The Hall–Kier alpha value is -2.61. The molecule has 3 rings (SSSR count). The van der Waals surface area contributed by atoms with Crippen molar-refractivity contribution >= 4 is 38.9 Å². The molecule has 30 heavy (non-hydrogen) atoms. The summed E-state index contributed by atoms with van der Waals surface area (Å²) in [7, 11) is 0. The summed E-state index contributed by atoms with van der Waals surface area (Å²) in [6, 6.07) is 20.0. The molecule has 0 aliphatic carbocycles. The first-order valence-electron chi connectivity index (χ1n) is 9.36. The summed E-state index contributed by atoms with van der Waals surface area (Å²) in [6.45, 7) is 2.66. The number of non-ortho nitro benzene ring substituents is 1. The lowest BCUT2D eigenvalue weighted by Crippen LogP contribution is -2.21. The van der Waals surface area contributed by atoms with E-state index in [9.17, 15) is 10.1 Å². The monoisotopic (exact) mass is 489 g/mol. The molecule has 0 saturated heterocycles. The predicted molar refractivity (Wildman–Crippen MR) is 123 cm³/mol. The van der Waals surface area contributed by atoms with Crippen molar-refractivity contribution in [3.05, 3.63) is 97.5 Å². The van der Waals surface area contributed by atoms with Crippen molar-refractivity contribution in [1.82, 2.24) is 5.32 Å². The Labute approximate surface area is 188 Å². The summed E-state index contributed by atoms with van der Waals surface area (Å²) in [4.78, 5) is 10.3. The fraction of sp³-hybridized carbons (Fsp3) is 0.182. The third kappa shape index (κ3) is 6.73. The molecule has 0 saturated carbocycles. The molecule has 2 N–H and O–H groups in total. The number of benzene rings is 3. The van der Waals surface area contributed by atoms with Crippen LogP contribution in [0.25, 0.3) is 0 Å². The minimum atomic E-state index is -0.405. The molecular formula is C22H21BrClN3O3. The van der Waals surface area contributed by atoms with Gasteiger partial charge in [-0.1, -0.05) is 29.8 Å². The van der Waals surface area contributed by atoms with E-state index in [1.807, 2.05) is 42.5 Å². The number of rotatable bonds is 10. The second kappa shape index (κ2) is 11.0. The number of halogens is 2. The molecule has 156 valence electrons. The fourth-order valence-electron chi connectivity index (χ4n) is 2.74. The number of anilines is 1. The highest BCUT2D eigenvalue weighted by Gasteiger charge is 2.05. The summed E-state index contributed by atoms with van der Waals surface area (Å²) < 4.78 is 6.77. The number of nitrogens with one attached hydrogen (secondary N) is 2. The molecule has 3 aromatic carbocycles. The molecule has 0 heterocycles. The van der Waals surface area contributed by atoms with Gasteiger partial charge in [-0.05, 0) is 63.5 Å². The molecule has 0 spiro atoms. The molecule has 0 aliphatic rings. The number of nitro groups is 1. The molecule has 0 fully saturated rings. The molecule has 6 nitrogen and oxygen atoms in total. The normalized spacial score (nSPS) is 10.6. The van der Waals surface area contributed by atoms with Crippen molar-refractivity contribution < 1.29 is 9.66 Å². The zero-order valence-electron chi connectivity index (χ0n) is 16.1. The number of ether oxygens (including phenoxy) is 1. The van der Waals surface area contributed by atoms with E-state index in [-0.39, 0.29) is 5.69 Å². The summed E-state index contributed by atoms with van der Waals surface area (Å²) in [6.07, 6.45) is 0. The summed E-state index contributed by atoms with van der Waals surface area (Å²) in [5.74, 6) is 0.786. The molecule has 0 bridgehead atoms. The Morgan fingerprint density at radius 3 is 2.33 bits per heavy atom. The Balaban J connectivity index is 1.39. The molecule has 0 unspecified atom stereocenters. The van der Waals surface area contributed by atoms with E-state index in [1.165, 1.54) is 12.1 Å². The topological polar surface area (TPSA) is 76.4 Å². The number of nitrogens with zero attached hydrogens (tertiary/aromatic N) is 1. The van der Waals surface area contributed by atoms with Gasteiger partial charge >= 0.3 is 0 Å². The van der Waals surface area contributed by atoms with E-state index in [2.05, 4.69) is 26.6 Å². The highest BCUT2D eigenvalue weighted by Crippen LogP contribution is 2.27. The standard InChI is InChI=1S/C22H21BrClN3O3/c23-21-13-17(3-10-22(21)30-15-16-1-4-18(24)5-2-16)14-25-11-12-26-19-6-8-20(9-7-19)27(28)29/h1-10,13,25-26H,11-12,14-15H2. The van der Waals surface area contributed by atoms with Crippen molar-refractivity contribution in [3.63, 3.8) is 0 Å². The maximum Gasteiger partial charge on any atom is 0.269 e. The molecular weight excluding hydrogens is 470 g/mol. The lowest BCUT2D eigenvalue weighted by atomic mass is 10.2. The lowest BCUT2D eigenvalue weighted by molar-refractivity contribution is -0.384. The Bertz CT molecular complexity index is 982. The van der Waals surface area contributed by atoms with Crippen LogP contribution in [0.5, 0.6) is 5.75 Å². The quantitative estimate of drug-likeness (QED) is 0.214. The largest absolute Gasteiger partial charge is 0.488 e. The van der Waals surface area contributed by atoms with Crippen LogP contribution in [0.15, 0.2) is 71.2 Å². The maximum absolute atomic E-state index is 10.7. The van der Waals surface area contributed by atoms with Crippen LogP contribution in [0.4, 0.5) is 11.4 Å². The predicted octanol–water partition coefficient (Wildman–Crippen LogP) is 5.79. The average Bonchev–Trinajstić information content (AvgIpc) is 2.74. The van der Waals surface area contributed by atoms with Gasteiger partial charge in [0, 0.05) is 42.5 Å². The minimum absolute atomic E-state index is 0.0878. The van der Waals surface area contributed by atoms with Crippen molar-refractivity contribution in [3.8, 4) is 5.75 Å². The van der Waals surface area contributed by atoms with Gasteiger partial charge in [-0.2, -0.15) is 0 Å². The zero-order valence-corrected chi connectivity index (χ0v) is 18.4. The van der Waals surface area contributed by atoms with Gasteiger partial charge in [-0.3, -0.25) is 10.1 Å². The molecule has 0 radical (unpaired) electrons. The van der Waals surface area contributed by atoms with Crippen LogP contribution in [0.1, 0.15) is 11.1 Å². The van der Waals surface area contributed by atoms with Gasteiger partial charge in [0.15, 0.2) is 0 Å². The summed E-state index contributed by atoms with van der Waals surface area (Å²) in [5, 5.41) is 18.0. The average molecular weight is 491 g/mol. The van der Waals surface area contributed by atoms with Gasteiger partial charge in [0.05, 0.1) is 9.40 Å². The first kappa shape index (κ1) is 22.1. The van der Waals surface area contributed by atoms with Crippen LogP contribution in [0, 0.1) is 10.1 Å². The van der Waals surface area contributed by atoms with Crippen molar-refractivity contribution in [2.75, 3.05) is 18.4 Å². The Kier molecular flexibility index (Phi) is 8.07. The fourth-order valence-corrected chi connectivity index (χ4v) is 3.41. The van der Waals surface area contributed by atoms with Crippen molar-refractivity contribution in [2.24, 2.45) is 0 Å². The second-order valence-corrected chi connectivity index (χ2v) is 7.88. The van der Waals surface area contributed by atoms with Gasteiger partial charge in [0.2, 0.25) is 0 Å². The van der Waals surface area contributed by atoms with E-state index in [0.29, 0.717) is 18.2 Å². The van der Waals surface area contributed by atoms with E-state index in [1.54, 1.807) is 12.1 Å². The third-order valence-corrected chi connectivity index (χ3v) is 5.21. The van der Waals surface area contributed by atoms with Crippen LogP contribution < -0.4 is 15.4 Å². The first-order chi connectivity index (χ1) is 14.5. The molecule has 8 heteroatoms. The van der Waals surface area contributed by atoms with Gasteiger partial charge in [-0.25, -0.2) is 0 Å². The second-order valence-electron chi connectivity index (χ2n) is 6.59. The molecule has 0 amide bonds. The molecule has 0 aliphatic heterocycles. The molecule has 3 aromatic rings. The van der Waals surface area contributed by atoms with Crippen LogP contribution in [0.3, 0.4) is 0 Å². The van der Waals surface area contributed by atoms with E-state index in [0.717, 1.165) is 40.1 Å². The van der Waals surface area contributed by atoms with E-state index >= 15 is 0 Å². The summed E-state index contributed by atoms with van der Waals surface area (Å²) in [5.41, 5.74) is 3.13. The molecule has 0 atom stereocenters. The smallest absolute Gasteiger partial charge is 0.269 e. The van der Waals surface area contributed by atoms with Crippen molar-refractivity contribution in [2.45, 2.75) is 13.2 Å². The highest BCUT2D eigenvalue weighted by molar-refractivity contribution is 9.10. The number of hydrogen-bond acceptors (Lipinski definition) is 5. The van der Waals surface area contributed by atoms with Crippen LogP contribution >= 0.6 is 27.5 Å². The molecule has 0 aromatic heterocycles. The lowest BCUT2D eigenvalue weighted by Gasteiger charge is -2.11. The van der Waals surface area contributed by atoms with E-state index in [4.69, 9.17) is 16.3 Å². The van der Waals surface area contributed by atoms with Crippen LogP contribution in [-0.4, -0.2) is 18.0 Å². The SMILES string of the molecule is O=[N+]([O-])c1ccc(NCCNCc2ccc(OCc3ccc(Cl)cc3)c(Br)c2)cc1. The minimum Gasteiger partial charge on any atom is -0.488 e. The van der Waals surface area contributed by atoms with Gasteiger partial charge in [0.25, 0.3) is 5.69 Å².